The second-order valence-corrected chi connectivity index (χ2v) is 7.06. The molecule has 0 unspecified atom stereocenters. The number of imidazole rings is 1. The Balaban J connectivity index is 1.35. The summed E-state index contributed by atoms with van der Waals surface area (Å²) in [7, 11) is 2.11. The zero-order valence-corrected chi connectivity index (χ0v) is 14.9. The second-order valence-electron chi connectivity index (χ2n) is 7.06. The van der Waals surface area contributed by atoms with Gasteiger partial charge in [0, 0.05) is 26.3 Å². The van der Waals surface area contributed by atoms with Crippen LogP contribution in [0.15, 0.2) is 42.6 Å². The van der Waals surface area contributed by atoms with Crippen molar-refractivity contribution in [1.82, 2.24) is 19.4 Å². The van der Waals surface area contributed by atoms with Gasteiger partial charge >= 0.3 is 0 Å². The molecule has 25 heavy (non-hydrogen) atoms. The van der Waals surface area contributed by atoms with Crippen LogP contribution in [0.5, 0.6) is 0 Å². The normalized spacial score (nSPS) is 18.1. The van der Waals surface area contributed by atoms with Crippen LogP contribution in [0.2, 0.25) is 0 Å². The standard InChI is InChI=1S/C20H25N5/c1-15-7-9-21-19(11-15)22-12-16-8-10-25(13-16)14-20-23-17-5-3-4-6-18(17)24(20)2/h3-7,9,11,16H,8,10,12-14H2,1-2H3,(H,21,22)/t16-/m1/s1. The van der Waals surface area contributed by atoms with E-state index < -0.39 is 0 Å². The summed E-state index contributed by atoms with van der Waals surface area (Å²) in [5, 5.41) is 3.49. The Kier molecular flexibility index (Phi) is 4.40. The van der Waals surface area contributed by atoms with Crippen molar-refractivity contribution in [3.8, 4) is 0 Å². The Morgan fingerprint density at radius 2 is 2.12 bits per heavy atom. The van der Waals surface area contributed by atoms with Crippen molar-refractivity contribution in [1.29, 1.82) is 0 Å². The molecule has 5 nitrogen and oxygen atoms in total. The maximum atomic E-state index is 4.80. The number of pyridine rings is 1. The number of anilines is 1. The van der Waals surface area contributed by atoms with Gasteiger partial charge in [-0.25, -0.2) is 9.97 Å². The molecule has 5 heteroatoms. The summed E-state index contributed by atoms with van der Waals surface area (Å²) in [6.45, 7) is 6.25. The van der Waals surface area contributed by atoms with E-state index in [1.54, 1.807) is 0 Å². The average molecular weight is 335 g/mol. The number of aryl methyl sites for hydroxylation is 2. The van der Waals surface area contributed by atoms with Crippen LogP contribution in [0.3, 0.4) is 0 Å². The Hall–Kier alpha value is -2.40. The van der Waals surface area contributed by atoms with Gasteiger partial charge in [0.05, 0.1) is 17.6 Å². The van der Waals surface area contributed by atoms with Crippen molar-refractivity contribution in [2.75, 3.05) is 25.0 Å². The first kappa shape index (κ1) is 16.1. The van der Waals surface area contributed by atoms with Crippen molar-refractivity contribution in [2.24, 2.45) is 13.0 Å². The highest BCUT2D eigenvalue weighted by molar-refractivity contribution is 5.75. The van der Waals surface area contributed by atoms with Crippen LogP contribution in [0.4, 0.5) is 5.82 Å². The van der Waals surface area contributed by atoms with Crippen molar-refractivity contribution in [2.45, 2.75) is 19.9 Å². The van der Waals surface area contributed by atoms with Crippen LogP contribution >= 0.6 is 0 Å². The lowest BCUT2D eigenvalue weighted by Gasteiger charge is -2.16. The third-order valence-corrected chi connectivity index (χ3v) is 5.10. The molecule has 0 amide bonds. The lowest BCUT2D eigenvalue weighted by atomic mass is 10.1. The SMILES string of the molecule is Cc1ccnc(NC[C@H]2CCN(Cc3nc4ccccc4n3C)C2)c1. The van der Waals surface area contributed by atoms with Gasteiger partial charge < -0.3 is 9.88 Å². The summed E-state index contributed by atoms with van der Waals surface area (Å²) >= 11 is 0. The maximum Gasteiger partial charge on any atom is 0.126 e. The summed E-state index contributed by atoms with van der Waals surface area (Å²) in [6.07, 6.45) is 3.09. The Morgan fingerprint density at radius 3 is 2.96 bits per heavy atom. The molecule has 1 aliphatic rings. The molecule has 3 heterocycles. The van der Waals surface area contributed by atoms with Crippen LogP contribution in [0.1, 0.15) is 17.8 Å². The molecule has 2 aromatic heterocycles. The molecule has 4 rings (SSSR count). The van der Waals surface area contributed by atoms with E-state index in [0.29, 0.717) is 5.92 Å². The summed E-state index contributed by atoms with van der Waals surface area (Å²) in [5.41, 5.74) is 3.54. The first-order valence-electron chi connectivity index (χ1n) is 8.98. The maximum absolute atomic E-state index is 4.80. The summed E-state index contributed by atoms with van der Waals surface area (Å²) < 4.78 is 2.22. The van der Waals surface area contributed by atoms with Gasteiger partial charge in [0.15, 0.2) is 0 Å². The molecule has 130 valence electrons. The van der Waals surface area contributed by atoms with E-state index in [0.717, 1.165) is 43.3 Å². The van der Waals surface area contributed by atoms with E-state index in [1.165, 1.54) is 17.5 Å². The van der Waals surface area contributed by atoms with E-state index in [-0.39, 0.29) is 0 Å². The number of rotatable bonds is 5. The van der Waals surface area contributed by atoms with Gasteiger partial charge in [-0.3, -0.25) is 4.90 Å². The average Bonchev–Trinajstić information content (AvgIpc) is 3.19. The van der Waals surface area contributed by atoms with E-state index in [9.17, 15) is 0 Å². The van der Waals surface area contributed by atoms with Crippen LogP contribution in [0.25, 0.3) is 11.0 Å². The first-order valence-corrected chi connectivity index (χ1v) is 8.98. The van der Waals surface area contributed by atoms with Gasteiger partial charge in [-0.2, -0.15) is 0 Å². The zero-order chi connectivity index (χ0) is 17.2. The van der Waals surface area contributed by atoms with Crippen molar-refractivity contribution < 1.29 is 0 Å². The minimum absolute atomic E-state index is 0.664. The number of hydrogen-bond donors (Lipinski definition) is 1. The van der Waals surface area contributed by atoms with E-state index in [4.69, 9.17) is 4.98 Å². The van der Waals surface area contributed by atoms with Gasteiger partial charge in [-0.1, -0.05) is 12.1 Å². The molecule has 3 aromatic rings. The predicted octanol–water partition coefficient (Wildman–Crippen LogP) is 3.21. The second kappa shape index (κ2) is 6.84. The minimum Gasteiger partial charge on any atom is -0.370 e. The van der Waals surface area contributed by atoms with Crippen molar-refractivity contribution in [3.05, 3.63) is 54.0 Å². The Bertz CT molecular complexity index is 869. The molecule has 1 fully saturated rings. The zero-order valence-electron chi connectivity index (χ0n) is 14.9. The lowest BCUT2D eigenvalue weighted by molar-refractivity contribution is 0.308. The molecule has 0 spiro atoms. The molecule has 1 saturated heterocycles. The number of nitrogens with zero attached hydrogens (tertiary/aromatic N) is 4. The molecule has 0 bridgehead atoms. The van der Waals surface area contributed by atoms with E-state index >= 15 is 0 Å². The highest BCUT2D eigenvalue weighted by atomic mass is 15.2. The fourth-order valence-corrected chi connectivity index (χ4v) is 3.64. The van der Waals surface area contributed by atoms with Crippen LogP contribution in [-0.2, 0) is 13.6 Å². The van der Waals surface area contributed by atoms with Gasteiger partial charge in [-0.15, -0.1) is 0 Å². The third-order valence-electron chi connectivity index (χ3n) is 5.10. The van der Waals surface area contributed by atoms with Gasteiger partial charge in [0.2, 0.25) is 0 Å². The molecule has 0 radical (unpaired) electrons. The number of hydrogen-bond acceptors (Lipinski definition) is 4. The molecular weight excluding hydrogens is 310 g/mol. The monoisotopic (exact) mass is 335 g/mol. The fraction of sp³-hybridized carbons (Fsp3) is 0.400. The predicted molar refractivity (Wildman–Crippen MR) is 102 cm³/mol. The molecule has 1 aliphatic heterocycles. The minimum atomic E-state index is 0.664. The van der Waals surface area contributed by atoms with E-state index in [1.807, 2.05) is 12.3 Å². The quantitative estimate of drug-likeness (QED) is 0.778. The highest BCUT2D eigenvalue weighted by Crippen LogP contribution is 2.21. The van der Waals surface area contributed by atoms with Gasteiger partial charge in [-0.05, 0) is 55.6 Å². The molecule has 1 aromatic carbocycles. The Morgan fingerprint density at radius 1 is 1.24 bits per heavy atom. The van der Waals surface area contributed by atoms with Crippen molar-refractivity contribution >= 4 is 16.9 Å². The van der Waals surface area contributed by atoms with Crippen LogP contribution < -0.4 is 5.32 Å². The largest absolute Gasteiger partial charge is 0.370 e. The summed E-state index contributed by atoms with van der Waals surface area (Å²) in [6, 6.07) is 12.5. The van der Waals surface area contributed by atoms with Crippen LogP contribution in [0, 0.1) is 12.8 Å². The van der Waals surface area contributed by atoms with Crippen molar-refractivity contribution in [3.63, 3.8) is 0 Å². The number of benzene rings is 1. The number of fused-ring (bicyclic) bond motifs is 1. The number of aromatic nitrogens is 3. The summed E-state index contributed by atoms with van der Waals surface area (Å²) in [5.74, 6) is 2.79. The molecule has 1 atom stereocenters. The van der Waals surface area contributed by atoms with Crippen LogP contribution in [-0.4, -0.2) is 39.1 Å². The smallest absolute Gasteiger partial charge is 0.126 e. The third kappa shape index (κ3) is 3.51. The fourth-order valence-electron chi connectivity index (χ4n) is 3.64. The Labute approximate surface area is 148 Å². The van der Waals surface area contributed by atoms with Gasteiger partial charge in [0.1, 0.15) is 11.6 Å². The number of para-hydroxylation sites is 2. The molecule has 1 N–H and O–H groups in total. The topological polar surface area (TPSA) is 46.0 Å². The first-order chi connectivity index (χ1) is 12.2. The van der Waals surface area contributed by atoms with Gasteiger partial charge in [0.25, 0.3) is 0 Å². The lowest BCUT2D eigenvalue weighted by Crippen LogP contribution is -2.24. The summed E-state index contributed by atoms with van der Waals surface area (Å²) in [4.78, 5) is 11.7. The van der Waals surface area contributed by atoms with E-state index in [2.05, 4.69) is 64.1 Å². The molecule has 0 aliphatic carbocycles. The number of nitrogens with one attached hydrogen (secondary N) is 1. The highest BCUT2D eigenvalue weighted by Gasteiger charge is 2.23. The molecular formula is C20H25N5. The molecule has 0 saturated carbocycles. The number of likely N-dealkylation sites (tertiary alicyclic amines) is 1.